The first-order valence-electron chi connectivity index (χ1n) is 12.3. The second-order valence-corrected chi connectivity index (χ2v) is 9.00. The molecular weight excluding hydrogens is 470 g/mol. The molecule has 3 aromatic carbocycles. The van der Waals surface area contributed by atoms with E-state index in [1.807, 2.05) is 50.2 Å². The molecule has 3 rings (SSSR count). The quantitative estimate of drug-likeness (QED) is 0.184. The van der Waals surface area contributed by atoms with Crippen molar-refractivity contribution in [3.8, 4) is 5.75 Å². The predicted molar refractivity (Wildman–Crippen MR) is 142 cm³/mol. The van der Waals surface area contributed by atoms with Crippen molar-refractivity contribution in [3.63, 3.8) is 0 Å². The van der Waals surface area contributed by atoms with Gasteiger partial charge in [-0.05, 0) is 84.3 Å². The molecule has 0 fully saturated rings. The lowest BCUT2D eigenvalue weighted by molar-refractivity contribution is 0.0695. The first-order valence-corrected chi connectivity index (χ1v) is 12.3. The number of benzene rings is 3. The summed E-state index contributed by atoms with van der Waals surface area (Å²) in [6.07, 6.45) is 3.22. The number of carbonyl (C=O) groups is 2. The highest BCUT2D eigenvalue weighted by atomic mass is 16.5. The van der Waals surface area contributed by atoms with E-state index < -0.39 is 18.0 Å². The normalized spacial score (nSPS) is 11.6. The number of carboxylic acid groups (broad SMARTS) is 2. The molecule has 0 aliphatic carbocycles. The number of unbranched alkanes of at least 4 members (excludes halogenated alkanes) is 1. The van der Waals surface area contributed by atoms with Crippen molar-refractivity contribution in [3.05, 3.63) is 99.1 Å². The summed E-state index contributed by atoms with van der Waals surface area (Å²) in [7, 11) is 0. The molecule has 0 aliphatic heterocycles. The molecule has 0 saturated carbocycles. The first kappa shape index (κ1) is 27.6. The van der Waals surface area contributed by atoms with Crippen molar-refractivity contribution in [1.82, 2.24) is 0 Å². The van der Waals surface area contributed by atoms with Gasteiger partial charge in [-0.15, -0.1) is 0 Å². The second kappa shape index (κ2) is 12.8. The van der Waals surface area contributed by atoms with E-state index in [1.54, 1.807) is 6.07 Å². The second-order valence-electron chi connectivity index (χ2n) is 9.00. The summed E-state index contributed by atoms with van der Waals surface area (Å²) in [5.74, 6) is -1.62. The van der Waals surface area contributed by atoms with Crippen LogP contribution in [0.2, 0.25) is 0 Å². The number of aromatic carboxylic acids is 2. The van der Waals surface area contributed by atoms with Gasteiger partial charge in [0.2, 0.25) is 0 Å². The molecule has 194 valence electrons. The van der Waals surface area contributed by atoms with Gasteiger partial charge in [0.25, 0.3) is 0 Å². The number of rotatable bonds is 13. The minimum absolute atomic E-state index is 0.0263. The Bertz CT molecular complexity index is 1280. The zero-order chi connectivity index (χ0) is 26.9. The average Bonchev–Trinajstić information content (AvgIpc) is 2.87. The summed E-state index contributed by atoms with van der Waals surface area (Å²) in [5.41, 5.74) is 5.15. The van der Waals surface area contributed by atoms with Crippen LogP contribution in [0, 0.1) is 19.3 Å². The molecule has 37 heavy (non-hydrogen) atoms. The molecule has 0 bridgehead atoms. The van der Waals surface area contributed by atoms with Gasteiger partial charge in [0.05, 0.1) is 11.1 Å². The molecule has 0 spiro atoms. The van der Waals surface area contributed by atoms with Crippen LogP contribution in [0.3, 0.4) is 0 Å². The van der Waals surface area contributed by atoms with Crippen LogP contribution in [-0.4, -0.2) is 35.0 Å². The van der Waals surface area contributed by atoms with E-state index in [4.69, 9.17) is 14.9 Å². The summed E-state index contributed by atoms with van der Waals surface area (Å²) in [6, 6.07) is 15.8. The fraction of sp³-hybridized carbons (Fsp3) is 0.300. The van der Waals surface area contributed by atoms with Crippen molar-refractivity contribution in [2.24, 2.45) is 0 Å². The fourth-order valence-corrected chi connectivity index (χ4v) is 4.16. The van der Waals surface area contributed by atoms with Gasteiger partial charge in [-0.1, -0.05) is 43.7 Å². The van der Waals surface area contributed by atoms with Crippen LogP contribution in [0.5, 0.6) is 5.75 Å². The van der Waals surface area contributed by atoms with Crippen LogP contribution in [-0.2, 0) is 17.8 Å². The Labute approximate surface area is 217 Å². The Kier molecular flexibility index (Phi) is 9.57. The number of hydrogen-bond donors (Lipinski definition) is 3. The number of ether oxygens (including phenoxy) is 2. The Morgan fingerprint density at radius 2 is 1.76 bits per heavy atom. The third-order valence-corrected chi connectivity index (χ3v) is 6.32. The van der Waals surface area contributed by atoms with Crippen LogP contribution in [0.1, 0.15) is 80.0 Å². The van der Waals surface area contributed by atoms with Gasteiger partial charge >= 0.3 is 11.9 Å². The highest BCUT2D eigenvalue weighted by Gasteiger charge is 2.17. The zero-order valence-corrected chi connectivity index (χ0v) is 21.4. The average molecular weight is 504 g/mol. The molecule has 0 amide bonds. The number of carboxylic acids is 2. The summed E-state index contributed by atoms with van der Waals surface area (Å²) < 4.78 is 12.0. The van der Waals surface area contributed by atoms with E-state index in [0.29, 0.717) is 30.9 Å². The van der Waals surface area contributed by atoms with Crippen LogP contribution < -0.4 is 4.74 Å². The molecule has 1 unspecified atom stereocenters. The maximum atomic E-state index is 11.8. The van der Waals surface area contributed by atoms with Crippen LogP contribution in [0.4, 0.5) is 0 Å². The van der Waals surface area contributed by atoms with E-state index in [-0.39, 0.29) is 11.1 Å². The maximum Gasteiger partial charge on any atom is 0.336 e. The van der Waals surface area contributed by atoms with Crippen molar-refractivity contribution in [1.29, 1.82) is 5.41 Å². The van der Waals surface area contributed by atoms with Gasteiger partial charge in [0.15, 0.2) is 0 Å². The Balaban J connectivity index is 1.81. The molecule has 7 heteroatoms. The minimum atomic E-state index is -1.17. The summed E-state index contributed by atoms with van der Waals surface area (Å²) in [4.78, 5) is 23.1. The molecule has 0 aliphatic rings. The smallest absolute Gasteiger partial charge is 0.336 e. The van der Waals surface area contributed by atoms with Crippen molar-refractivity contribution in [2.45, 2.75) is 52.7 Å². The summed E-state index contributed by atoms with van der Waals surface area (Å²) in [6.45, 7) is 6.92. The lowest BCUT2D eigenvalue weighted by Crippen LogP contribution is -2.09. The molecule has 0 heterocycles. The SMILES string of the molecule is CCCCOC(C=N)c1ccc(OCc2c(C)cccc2Cc2ccc(C(=O)O)cc2C(=O)O)c(C)c1. The number of nitrogens with one attached hydrogen (secondary N) is 1. The highest BCUT2D eigenvalue weighted by molar-refractivity contribution is 5.95. The lowest BCUT2D eigenvalue weighted by Gasteiger charge is -2.18. The number of hydrogen-bond acceptors (Lipinski definition) is 5. The third-order valence-electron chi connectivity index (χ3n) is 6.32. The predicted octanol–water partition coefficient (Wildman–Crippen LogP) is 6.38. The van der Waals surface area contributed by atoms with Crippen LogP contribution >= 0.6 is 0 Å². The van der Waals surface area contributed by atoms with Gasteiger partial charge in [0.1, 0.15) is 18.5 Å². The lowest BCUT2D eigenvalue weighted by atomic mass is 9.93. The molecule has 0 radical (unpaired) electrons. The van der Waals surface area contributed by atoms with Gasteiger partial charge < -0.3 is 25.1 Å². The first-order chi connectivity index (χ1) is 17.7. The molecule has 7 nitrogen and oxygen atoms in total. The molecule has 0 aromatic heterocycles. The highest BCUT2D eigenvalue weighted by Crippen LogP contribution is 2.27. The Morgan fingerprint density at radius 3 is 2.41 bits per heavy atom. The summed E-state index contributed by atoms with van der Waals surface area (Å²) in [5, 5.41) is 26.6. The Morgan fingerprint density at radius 1 is 0.973 bits per heavy atom. The Hall–Kier alpha value is -3.97. The fourth-order valence-electron chi connectivity index (χ4n) is 4.16. The molecule has 1 atom stereocenters. The van der Waals surface area contributed by atoms with Gasteiger partial charge in [-0.3, -0.25) is 0 Å². The third kappa shape index (κ3) is 7.05. The topological polar surface area (TPSA) is 117 Å². The zero-order valence-electron chi connectivity index (χ0n) is 21.4. The largest absolute Gasteiger partial charge is 0.489 e. The molecular formula is C30H33NO6. The van der Waals surface area contributed by atoms with E-state index in [1.165, 1.54) is 18.3 Å². The van der Waals surface area contributed by atoms with Gasteiger partial charge in [-0.25, -0.2) is 9.59 Å². The molecule has 0 saturated heterocycles. The molecule has 3 N–H and O–H groups in total. The molecule has 3 aromatic rings. The van der Waals surface area contributed by atoms with Gasteiger partial charge in [0, 0.05) is 12.8 Å². The van der Waals surface area contributed by atoms with Crippen LogP contribution in [0.15, 0.2) is 54.6 Å². The van der Waals surface area contributed by atoms with Crippen molar-refractivity contribution in [2.75, 3.05) is 6.61 Å². The van der Waals surface area contributed by atoms with E-state index in [0.717, 1.165) is 40.7 Å². The van der Waals surface area contributed by atoms with E-state index in [9.17, 15) is 19.8 Å². The van der Waals surface area contributed by atoms with Gasteiger partial charge in [-0.2, -0.15) is 0 Å². The summed E-state index contributed by atoms with van der Waals surface area (Å²) >= 11 is 0. The standard InChI is InChI=1S/C30H33NO6/c1-4-5-13-36-28(17-31)23-11-12-27(20(3)14-23)37-18-26-19(2)7-6-8-21(26)15-22-9-10-24(29(32)33)16-25(22)30(34)35/h6-12,14,16-17,28,31H,4-5,13,15,18H2,1-3H3,(H,32,33)(H,34,35). The maximum absolute atomic E-state index is 11.8. The van der Waals surface area contributed by atoms with Crippen molar-refractivity contribution >= 4 is 18.2 Å². The van der Waals surface area contributed by atoms with Crippen LogP contribution in [0.25, 0.3) is 0 Å². The minimum Gasteiger partial charge on any atom is -0.489 e. The number of aryl methyl sites for hydroxylation is 2. The van der Waals surface area contributed by atoms with E-state index >= 15 is 0 Å². The van der Waals surface area contributed by atoms with E-state index in [2.05, 4.69) is 6.92 Å². The van der Waals surface area contributed by atoms with Crippen molar-refractivity contribution < 1.29 is 29.3 Å². The monoisotopic (exact) mass is 503 g/mol.